The van der Waals surface area contributed by atoms with E-state index in [9.17, 15) is 23.9 Å². The highest BCUT2D eigenvalue weighted by Crippen LogP contribution is 2.42. The summed E-state index contributed by atoms with van der Waals surface area (Å²) in [6, 6.07) is 6.06. The number of carboxylic acid groups (broad SMARTS) is 1. The van der Waals surface area contributed by atoms with Crippen LogP contribution in [0.2, 0.25) is 0 Å². The van der Waals surface area contributed by atoms with Crippen LogP contribution in [-0.2, 0) is 19.8 Å². The van der Waals surface area contributed by atoms with Crippen LogP contribution in [0.25, 0.3) is 0 Å². The van der Waals surface area contributed by atoms with E-state index >= 15 is 0 Å². The number of halogens is 1. The maximum atomic E-state index is 13.3. The molecule has 3 rings (SSSR count). The van der Waals surface area contributed by atoms with Gasteiger partial charge < -0.3 is 14.9 Å². The molecule has 0 aromatic heterocycles. The zero-order chi connectivity index (χ0) is 20.3. The van der Waals surface area contributed by atoms with E-state index in [4.69, 9.17) is 0 Å². The molecule has 1 N–H and O–H groups in total. The Kier molecular flexibility index (Phi) is 6.01. The van der Waals surface area contributed by atoms with Gasteiger partial charge in [0.1, 0.15) is 5.82 Å². The van der Waals surface area contributed by atoms with Gasteiger partial charge in [-0.25, -0.2) is 4.39 Å². The van der Waals surface area contributed by atoms with Gasteiger partial charge in [0.25, 0.3) is 0 Å². The summed E-state index contributed by atoms with van der Waals surface area (Å²) in [4.78, 5) is 40.2. The third-order valence-corrected chi connectivity index (χ3v) is 6.11. The molecule has 2 amide bonds. The lowest BCUT2D eigenvalue weighted by Gasteiger charge is -2.35. The van der Waals surface area contributed by atoms with Crippen LogP contribution in [0.5, 0.6) is 0 Å². The number of hydrogen-bond donors (Lipinski definition) is 1. The lowest BCUT2D eigenvalue weighted by Crippen LogP contribution is -2.50. The Morgan fingerprint density at radius 2 is 1.82 bits per heavy atom. The summed E-state index contributed by atoms with van der Waals surface area (Å²) in [6.45, 7) is 0.640. The average Bonchev–Trinajstić information content (AvgIpc) is 3.19. The second kappa shape index (κ2) is 8.29. The van der Waals surface area contributed by atoms with Crippen molar-refractivity contribution >= 4 is 17.8 Å². The van der Waals surface area contributed by atoms with Gasteiger partial charge in [0.2, 0.25) is 11.8 Å². The number of likely N-dealkylation sites (N-methyl/N-ethyl adjacent to an activating group) is 1. The fraction of sp³-hybridized carbons (Fsp3) is 0.571. The number of carbonyl (C=O) groups is 3. The molecule has 1 atom stereocenters. The maximum absolute atomic E-state index is 13.3. The molecule has 2 aliphatic rings. The fourth-order valence-corrected chi connectivity index (χ4v) is 4.52. The number of carboxylic acids is 1. The summed E-state index contributed by atoms with van der Waals surface area (Å²) in [5.74, 6) is -2.13. The molecule has 28 heavy (non-hydrogen) atoms. The molecule has 0 spiro atoms. The van der Waals surface area contributed by atoms with Crippen LogP contribution in [0.4, 0.5) is 4.39 Å². The Hall–Kier alpha value is -2.44. The highest BCUT2D eigenvalue weighted by molar-refractivity contribution is 5.92. The number of nitrogens with zero attached hydrogens (tertiary/aromatic N) is 2. The van der Waals surface area contributed by atoms with E-state index in [1.54, 1.807) is 24.1 Å². The van der Waals surface area contributed by atoms with Crippen LogP contribution in [0, 0.1) is 11.7 Å². The molecule has 1 aliphatic heterocycles. The van der Waals surface area contributed by atoms with Crippen LogP contribution in [0.1, 0.15) is 44.1 Å². The average molecular weight is 390 g/mol. The van der Waals surface area contributed by atoms with E-state index < -0.39 is 17.3 Å². The number of amides is 2. The van der Waals surface area contributed by atoms with Gasteiger partial charge in [0, 0.05) is 20.1 Å². The largest absolute Gasteiger partial charge is 0.481 e. The molecule has 0 bridgehead atoms. The Bertz CT molecular complexity index is 743. The summed E-state index contributed by atoms with van der Waals surface area (Å²) in [5.41, 5.74) is 0.0772. The molecule has 1 saturated carbocycles. The zero-order valence-electron chi connectivity index (χ0n) is 16.2. The molecular weight excluding hydrogens is 363 g/mol. The van der Waals surface area contributed by atoms with E-state index in [-0.39, 0.29) is 30.7 Å². The highest BCUT2D eigenvalue weighted by Gasteiger charge is 2.44. The molecule has 0 radical (unpaired) electrons. The Balaban J connectivity index is 1.71. The third-order valence-electron chi connectivity index (χ3n) is 6.11. The van der Waals surface area contributed by atoms with Crippen molar-refractivity contribution in [1.29, 1.82) is 0 Å². The minimum atomic E-state index is -0.886. The first-order valence-electron chi connectivity index (χ1n) is 9.86. The van der Waals surface area contributed by atoms with Crippen LogP contribution in [-0.4, -0.2) is 59.4 Å². The summed E-state index contributed by atoms with van der Waals surface area (Å²) < 4.78 is 13.3. The van der Waals surface area contributed by atoms with Gasteiger partial charge in [-0.1, -0.05) is 25.0 Å². The number of hydrogen-bond acceptors (Lipinski definition) is 3. The Morgan fingerprint density at radius 3 is 2.43 bits per heavy atom. The summed E-state index contributed by atoms with van der Waals surface area (Å²) >= 11 is 0. The molecule has 1 unspecified atom stereocenters. The molecule has 1 aromatic rings. The first-order valence-corrected chi connectivity index (χ1v) is 9.86. The topological polar surface area (TPSA) is 77.9 Å². The molecule has 7 heteroatoms. The van der Waals surface area contributed by atoms with Crippen molar-refractivity contribution < 1.29 is 23.9 Å². The minimum Gasteiger partial charge on any atom is -0.481 e. The molecular formula is C21H27FN2O4. The van der Waals surface area contributed by atoms with E-state index in [1.807, 2.05) is 0 Å². The summed E-state index contributed by atoms with van der Waals surface area (Å²) in [6.07, 6.45) is 4.41. The number of carbonyl (C=O) groups excluding carboxylic acids is 2. The number of piperidine rings is 1. The summed E-state index contributed by atoms with van der Waals surface area (Å²) in [7, 11) is 1.61. The number of likely N-dealkylation sites (tertiary alicyclic amines) is 1. The molecule has 1 heterocycles. The predicted molar refractivity (Wildman–Crippen MR) is 101 cm³/mol. The maximum Gasteiger partial charge on any atom is 0.308 e. The SMILES string of the molecule is CN(CC(=O)N1CCCC(C(=O)O)C1)C(=O)C1(c2ccc(F)cc2)CCCC1. The van der Waals surface area contributed by atoms with Crippen LogP contribution >= 0.6 is 0 Å². The molecule has 1 aliphatic carbocycles. The molecule has 152 valence electrons. The van der Waals surface area contributed by atoms with Gasteiger partial charge in [0.05, 0.1) is 17.9 Å². The smallest absolute Gasteiger partial charge is 0.308 e. The lowest BCUT2D eigenvalue weighted by atomic mass is 9.77. The van der Waals surface area contributed by atoms with Crippen molar-refractivity contribution in [2.45, 2.75) is 43.9 Å². The van der Waals surface area contributed by atoms with Crippen molar-refractivity contribution in [1.82, 2.24) is 9.80 Å². The van der Waals surface area contributed by atoms with Gasteiger partial charge in [-0.2, -0.15) is 0 Å². The third kappa shape index (κ3) is 4.03. The second-order valence-electron chi connectivity index (χ2n) is 7.97. The van der Waals surface area contributed by atoms with Crippen LogP contribution in [0.15, 0.2) is 24.3 Å². The fourth-order valence-electron chi connectivity index (χ4n) is 4.52. The summed E-state index contributed by atoms with van der Waals surface area (Å²) in [5, 5.41) is 9.20. The van der Waals surface area contributed by atoms with E-state index in [0.29, 0.717) is 32.2 Å². The van der Waals surface area contributed by atoms with E-state index in [2.05, 4.69) is 0 Å². The standard InChI is InChI=1S/C21H27FN2O4/c1-23(14-18(25)24-12-4-5-15(13-24)19(26)27)20(28)21(10-2-3-11-21)16-6-8-17(22)9-7-16/h6-9,15H,2-5,10-14H2,1H3,(H,26,27). The van der Waals surface area contributed by atoms with Crippen molar-refractivity contribution in [2.24, 2.45) is 5.92 Å². The highest BCUT2D eigenvalue weighted by atomic mass is 19.1. The van der Waals surface area contributed by atoms with Crippen LogP contribution < -0.4 is 0 Å². The van der Waals surface area contributed by atoms with Crippen LogP contribution in [0.3, 0.4) is 0 Å². The van der Waals surface area contributed by atoms with Crippen molar-refractivity contribution in [2.75, 3.05) is 26.7 Å². The number of benzene rings is 1. The zero-order valence-corrected chi connectivity index (χ0v) is 16.2. The van der Waals surface area contributed by atoms with Crippen molar-refractivity contribution in [3.8, 4) is 0 Å². The quantitative estimate of drug-likeness (QED) is 0.838. The van der Waals surface area contributed by atoms with Gasteiger partial charge in [-0.3, -0.25) is 14.4 Å². The van der Waals surface area contributed by atoms with Gasteiger partial charge in [0.15, 0.2) is 0 Å². The van der Waals surface area contributed by atoms with E-state index in [0.717, 1.165) is 18.4 Å². The molecule has 6 nitrogen and oxygen atoms in total. The first kappa shape index (κ1) is 20.3. The van der Waals surface area contributed by atoms with Crippen molar-refractivity contribution in [3.63, 3.8) is 0 Å². The molecule has 2 fully saturated rings. The van der Waals surface area contributed by atoms with Gasteiger partial charge in [-0.15, -0.1) is 0 Å². The van der Waals surface area contributed by atoms with Gasteiger partial charge >= 0.3 is 5.97 Å². The predicted octanol–water partition coefficient (Wildman–Crippen LogP) is 2.42. The normalized spacial score (nSPS) is 21.4. The molecule has 1 aromatic carbocycles. The Labute approximate surface area is 164 Å². The monoisotopic (exact) mass is 390 g/mol. The minimum absolute atomic E-state index is 0.0753. The van der Waals surface area contributed by atoms with Crippen molar-refractivity contribution in [3.05, 3.63) is 35.6 Å². The second-order valence-corrected chi connectivity index (χ2v) is 7.97. The lowest BCUT2D eigenvalue weighted by molar-refractivity contribution is -0.148. The number of aliphatic carboxylic acids is 1. The molecule has 1 saturated heterocycles. The Morgan fingerprint density at radius 1 is 1.18 bits per heavy atom. The number of rotatable bonds is 5. The van der Waals surface area contributed by atoms with E-state index in [1.165, 1.54) is 17.0 Å². The van der Waals surface area contributed by atoms with Gasteiger partial charge in [-0.05, 0) is 43.4 Å². The first-order chi connectivity index (χ1) is 13.3.